The molecule has 1 N–H and O–H groups in total. The molecule has 0 aromatic carbocycles. The first-order chi connectivity index (χ1) is 10.0. The minimum atomic E-state index is -0.961. The Labute approximate surface area is 121 Å². The van der Waals surface area contributed by atoms with Crippen LogP contribution in [0.4, 0.5) is 0 Å². The fraction of sp³-hybridized carbons (Fsp3) is 0.538. The zero-order valence-corrected chi connectivity index (χ0v) is 11.7. The summed E-state index contributed by atoms with van der Waals surface area (Å²) in [5, 5.41) is 12.7. The van der Waals surface area contributed by atoms with Crippen molar-refractivity contribution in [1.29, 1.82) is 0 Å². The van der Waals surface area contributed by atoms with E-state index >= 15 is 0 Å². The van der Waals surface area contributed by atoms with Crippen LogP contribution in [0, 0.1) is 0 Å². The van der Waals surface area contributed by atoms with E-state index in [0.717, 1.165) is 6.42 Å². The van der Waals surface area contributed by atoms with Crippen molar-refractivity contribution < 1.29 is 24.2 Å². The van der Waals surface area contributed by atoms with Crippen molar-refractivity contribution in [3.63, 3.8) is 0 Å². The van der Waals surface area contributed by atoms with Crippen molar-refractivity contribution >= 4 is 17.8 Å². The molecule has 1 aromatic heterocycles. The third-order valence-electron chi connectivity index (χ3n) is 3.46. The molecule has 0 saturated carbocycles. The minimum absolute atomic E-state index is 0.111. The first-order valence-electron chi connectivity index (χ1n) is 6.67. The van der Waals surface area contributed by atoms with Gasteiger partial charge < -0.3 is 14.7 Å². The quantitative estimate of drug-likeness (QED) is 0.775. The highest BCUT2D eigenvalue weighted by Crippen LogP contribution is 2.21. The van der Waals surface area contributed by atoms with E-state index in [0.29, 0.717) is 13.0 Å². The minimum Gasteiger partial charge on any atom is -0.481 e. The molecule has 1 fully saturated rings. The zero-order chi connectivity index (χ0) is 15.4. The molecule has 0 aliphatic carbocycles. The molecule has 0 spiro atoms. The zero-order valence-electron chi connectivity index (χ0n) is 11.7. The van der Waals surface area contributed by atoms with Gasteiger partial charge in [0.15, 0.2) is 0 Å². The van der Waals surface area contributed by atoms with Crippen molar-refractivity contribution in [1.82, 2.24) is 14.7 Å². The molecule has 1 aliphatic heterocycles. The van der Waals surface area contributed by atoms with E-state index in [-0.39, 0.29) is 24.6 Å². The van der Waals surface area contributed by atoms with E-state index < -0.39 is 18.0 Å². The third kappa shape index (κ3) is 3.21. The van der Waals surface area contributed by atoms with Crippen LogP contribution in [-0.2, 0) is 20.9 Å². The predicted octanol–water partition coefficient (Wildman–Crippen LogP) is 0.135. The standard InChI is InChI=1S/C13H17N3O5/c1-21-13(20)10-3-2-7-15(10)12(19)9-4-6-14-16(9)8-5-11(17)18/h4,6,10H,2-3,5,7-8H2,1H3,(H,17,18). The van der Waals surface area contributed by atoms with E-state index in [1.54, 1.807) is 0 Å². The maximum absolute atomic E-state index is 12.5. The molecule has 1 unspecified atom stereocenters. The lowest BCUT2D eigenvalue weighted by Gasteiger charge is -2.22. The Hall–Kier alpha value is -2.38. The second-order valence-corrected chi connectivity index (χ2v) is 4.76. The summed E-state index contributed by atoms with van der Waals surface area (Å²) in [4.78, 5) is 36.3. The lowest BCUT2D eigenvalue weighted by molar-refractivity contribution is -0.145. The van der Waals surface area contributed by atoms with E-state index in [4.69, 9.17) is 9.84 Å². The number of rotatable bonds is 5. The predicted molar refractivity (Wildman–Crippen MR) is 70.6 cm³/mol. The van der Waals surface area contributed by atoms with Crippen LogP contribution in [0.2, 0.25) is 0 Å². The topological polar surface area (TPSA) is 102 Å². The first kappa shape index (κ1) is 15.0. The number of carboxylic acid groups (broad SMARTS) is 1. The number of carbonyl (C=O) groups is 3. The lowest BCUT2D eigenvalue weighted by atomic mass is 10.2. The van der Waals surface area contributed by atoms with E-state index in [1.807, 2.05) is 0 Å². The molecule has 1 amide bonds. The van der Waals surface area contributed by atoms with Gasteiger partial charge in [-0.2, -0.15) is 5.10 Å². The Morgan fingerprint density at radius 1 is 1.48 bits per heavy atom. The largest absolute Gasteiger partial charge is 0.481 e. The van der Waals surface area contributed by atoms with Crippen LogP contribution in [0.1, 0.15) is 29.8 Å². The van der Waals surface area contributed by atoms with Crippen LogP contribution < -0.4 is 0 Å². The van der Waals surface area contributed by atoms with E-state index in [1.165, 1.54) is 29.0 Å². The molecule has 1 aromatic rings. The van der Waals surface area contributed by atoms with Gasteiger partial charge in [0.05, 0.1) is 20.1 Å². The van der Waals surface area contributed by atoms with Gasteiger partial charge in [-0.3, -0.25) is 14.3 Å². The van der Waals surface area contributed by atoms with Crippen LogP contribution in [0.15, 0.2) is 12.3 Å². The summed E-state index contributed by atoms with van der Waals surface area (Å²) >= 11 is 0. The van der Waals surface area contributed by atoms with Gasteiger partial charge in [0, 0.05) is 12.7 Å². The number of esters is 1. The second kappa shape index (κ2) is 6.38. The van der Waals surface area contributed by atoms with Crippen molar-refractivity contribution in [3.8, 4) is 0 Å². The van der Waals surface area contributed by atoms with Gasteiger partial charge in [0.25, 0.3) is 5.91 Å². The Bertz CT molecular complexity index is 554. The average Bonchev–Trinajstić information content (AvgIpc) is 3.12. The fourth-order valence-corrected chi connectivity index (χ4v) is 2.43. The number of nitrogens with zero attached hydrogens (tertiary/aromatic N) is 3. The van der Waals surface area contributed by atoms with Crippen LogP contribution in [0.5, 0.6) is 0 Å². The number of ether oxygens (including phenoxy) is 1. The molecule has 1 saturated heterocycles. The summed E-state index contributed by atoms with van der Waals surface area (Å²) < 4.78 is 6.06. The Morgan fingerprint density at radius 2 is 2.24 bits per heavy atom. The third-order valence-corrected chi connectivity index (χ3v) is 3.46. The maximum Gasteiger partial charge on any atom is 0.328 e. The lowest BCUT2D eigenvalue weighted by Crippen LogP contribution is -2.41. The summed E-state index contributed by atoms with van der Waals surface area (Å²) in [5.41, 5.74) is 0.284. The summed E-state index contributed by atoms with van der Waals surface area (Å²) in [7, 11) is 1.29. The highest BCUT2D eigenvalue weighted by Gasteiger charge is 2.36. The SMILES string of the molecule is COC(=O)C1CCCN1C(=O)c1ccnn1CCC(=O)O. The summed E-state index contributed by atoms with van der Waals surface area (Å²) in [6.45, 7) is 0.586. The summed E-state index contributed by atoms with van der Waals surface area (Å²) in [6.07, 6.45) is 2.62. The molecule has 0 radical (unpaired) electrons. The van der Waals surface area contributed by atoms with Crippen molar-refractivity contribution in [3.05, 3.63) is 18.0 Å². The van der Waals surface area contributed by atoms with Crippen molar-refractivity contribution in [2.24, 2.45) is 0 Å². The molecule has 2 heterocycles. The second-order valence-electron chi connectivity index (χ2n) is 4.76. The molecule has 8 heteroatoms. The fourth-order valence-electron chi connectivity index (χ4n) is 2.43. The van der Waals surface area contributed by atoms with Crippen molar-refractivity contribution in [2.45, 2.75) is 31.8 Å². The highest BCUT2D eigenvalue weighted by atomic mass is 16.5. The van der Waals surface area contributed by atoms with Crippen LogP contribution in [0.25, 0.3) is 0 Å². The number of carbonyl (C=O) groups excluding carboxylic acids is 2. The molecule has 8 nitrogen and oxygen atoms in total. The monoisotopic (exact) mass is 295 g/mol. The van der Waals surface area contributed by atoms with Gasteiger partial charge in [0.1, 0.15) is 11.7 Å². The first-order valence-corrected chi connectivity index (χ1v) is 6.67. The highest BCUT2D eigenvalue weighted by molar-refractivity contribution is 5.95. The smallest absolute Gasteiger partial charge is 0.328 e. The number of carboxylic acids is 1. The number of hydrogen-bond acceptors (Lipinski definition) is 5. The summed E-state index contributed by atoms with van der Waals surface area (Å²) in [5.74, 6) is -1.72. The number of likely N-dealkylation sites (tertiary alicyclic amines) is 1. The van der Waals surface area contributed by atoms with Gasteiger partial charge >= 0.3 is 11.9 Å². The maximum atomic E-state index is 12.5. The Kier molecular flexibility index (Phi) is 4.56. The molecule has 114 valence electrons. The molecule has 0 bridgehead atoms. The molecule has 21 heavy (non-hydrogen) atoms. The van der Waals surface area contributed by atoms with Crippen molar-refractivity contribution in [2.75, 3.05) is 13.7 Å². The molecule has 2 rings (SSSR count). The molecular weight excluding hydrogens is 278 g/mol. The van der Waals surface area contributed by atoms with Gasteiger partial charge in [-0.15, -0.1) is 0 Å². The molecule has 1 atom stereocenters. The molecular formula is C13H17N3O5. The number of aromatic nitrogens is 2. The Balaban J connectivity index is 2.14. The molecule has 1 aliphatic rings. The number of aryl methyl sites for hydroxylation is 1. The van der Waals surface area contributed by atoms with Crippen LogP contribution >= 0.6 is 0 Å². The number of amides is 1. The van der Waals surface area contributed by atoms with E-state index in [9.17, 15) is 14.4 Å². The van der Waals surface area contributed by atoms with Gasteiger partial charge in [-0.25, -0.2) is 4.79 Å². The summed E-state index contributed by atoms with van der Waals surface area (Å²) in [6, 6.07) is 0.946. The van der Waals surface area contributed by atoms with Gasteiger partial charge in [-0.1, -0.05) is 0 Å². The number of aliphatic carboxylic acids is 1. The Morgan fingerprint density at radius 3 is 2.90 bits per heavy atom. The van der Waals surface area contributed by atoms with Crippen LogP contribution in [0.3, 0.4) is 0 Å². The number of hydrogen-bond donors (Lipinski definition) is 1. The van der Waals surface area contributed by atoms with Gasteiger partial charge in [0.2, 0.25) is 0 Å². The van der Waals surface area contributed by atoms with E-state index in [2.05, 4.69) is 5.10 Å². The van der Waals surface area contributed by atoms with Gasteiger partial charge in [-0.05, 0) is 18.9 Å². The normalized spacial score (nSPS) is 17.8. The average molecular weight is 295 g/mol. The van der Waals surface area contributed by atoms with Crippen LogP contribution in [-0.4, -0.2) is 57.3 Å². The number of methoxy groups -OCH3 is 1.